The van der Waals surface area contributed by atoms with E-state index in [1.165, 1.54) is 27.3 Å². The van der Waals surface area contributed by atoms with Crippen molar-refractivity contribution in [1.82, 2.24) is 14.5 Å². The van der Waals surface area contributed by atoms with Crippen molar-refractivity contribution in [3.05, 3.63) is 68.9 Å². The van der Waals surface area contributed by atoms with Gasteiger partial charge in [-0.3, -0.25) is 23.6 Å². The van der Waals surface area contributed by atoms with Crippen LogP contribution in [0, 0.1) is 0 Å². The molecular weight excluding hydrogens is 526 g/mol. The zero-order valence-electron chi connectivity index (χ0n) is 20.9. The quantitative estimate of drug-likeness (QED) is 0.279. The summed E-state index contributed by atoms with van der Waals surface area (Å²) in [5.74, 6) is -0.829. The predicted octanol–water partition coefficient (Wildman–Crippen LogP) is 1.46. The third-order valence-electron chi connectivity index (χ3n) is 6.46. The number of hydrogen-bond donors (Lipinski definition) is 3. The Labute approximate surface area is 225 Å². The van der Waals surface area contributed by atoms with Gasteiger partial charge in [0, 0.05) is 43.3 Å². The molecule has 1 fully saturated rings. The van der Waals surface area contributed by atoms with E-state index in [-0.39, 0.29) is 19.0 Å². The van der Waals surface area contributed by atoms with Gasteiger partial charge in [0.1, 0.15) is 6.10 Å². The van der Waals surface area contributed by atoms with E-state index in [0.29, 0.717) is 46.7 Å². The van der Waals surface area contributed by atoms with E-state index in [4.69, 9.17) is 9.84 Å². The van der Waals surface area contributed by atoms with Crippen molar-refractivity contribution >= 4 is 58.1 Å². The van der Waals surface area contributed by atoms with Gasteiger partial charge in [0.15, 0.2) is 0 Å². The lowest BCUT2D eigenvalue weighted by Gasteiger charge is -2.20. The second kappa shape index (κ2) is 10.8. The number of carbonyl (C=O) groups excluding carboxylic acids is 2. The third-order valence-corrected chi connectivity index (χ3v) is 7.53. The van der Waals surface area contributed by atoms with Crippen molar-refractivity contribution in [2.24, 2.45) is 7.05 Å². The van der Waals surface area contributed by atoms with Crippen molar-refractivity contribution in [2.75, 3.05) is 35.6 Å². The number of carboxylic acid groups (broad SMARTS) is 1. The van der Waals surface area contributed by atoms with E-state index in [2.05, 4.69) is 10.6 Å². The number of thioether (sulfide) groups is 1. The first kappa shape index (κ1) is 26.3. The fourth-order valence-corrected chi connectivity index (χ4v) is 5.31. The number of nitrogens with one attached hydrogen (secondary N) is 2. The number of benzene rings is 2. The number of amides is 2. The van der Waals surface area contributed by atoms with Crippen molar-refractivity contribution in [3.8, 4) is 0 Å². The van der Waals surface area contributed by atoms with Crippen molar-refractivity contribution in [1.29, 1.82) is 0 Å². The van der Waals surface area contributed by atoms with Crippen LogP contribution in [0.2, 0.25) is 0 Å². The van der Waals surface area contributed by atoms with E-state index in [9.17, 15) is 24.0 Å². The highest BCUT2D eigenvalue weighted by Gasteiger charge is 2.32. The third kappa shape index (κ3) is 5.45. The minimum Gasteiger partial charge on any atom is -0.478 e. The summed E-state index contributed by atoms with van der Waals surface area (Å²) in [6, 6.07) is 10.2. The number of rotatable bonds is 8. The van der Waals surface area contributed by atoms with Gasteiger partial charge in [0.2, 0.25) is 5.91 Å². The Morgan fingerprint density at radius 1 is 1.21 bits per heavy atom. The molecule has 3 aromatic rings. The molecule has 5 rings (SSSR count). The first-order chi connectivity index (χ1) is 18.7. The van der Waals surface area contributed by atoms with Crippen LogP contribution in [-0.2, 0) is 27.9 Å². The number of carboxylic acids is 1. The van der Waals surface area contributed by atoms with Crippen molar-refractivity contribution in [2.45, 2.75) is 17.5 Å². The number of cyclic esters (lactones) is 1. The molecule has 0 aliphatic carbocycles. The molecule has 2 amide bonds. The number of nitrogens with zero attached hydrogens (tertiary/aromatic N) is 3. The highest BCUT2D eigenvalue weighted by Crippen LogP contribution is 2.35. The zero-order valence-corrected chi connectivity index (χ0v) is 21.7. The molecule has 3 N–H and O–H groups in total. The average Bonchev–Trinajstić information content (AvgIpc) is 3.29. The molecule has 2 aliphatic rings. The summed E-state index contributed by atoms with van der Waals surface area (Å²) in [7, 11) is 1.55. The Kier molecular flexibility index (Phi) is 7.26. The second-order valence-electron chi connectivity index (χ2n) is 9.08. The zero-order chi connectivity index (χ0) is 27.7. The van der Waals surface area contributed by atoms with Crippen LogP contribution in [-0.4, -0.2) is 63.7 Å². The highest BCUT2D eigenvalue weighted by molar-refractivity contribution is 8.00. The summed E-state index contributed by atoms with van der Waals surface area (Å²) >= 11 is 1.44. The van der Waals surface area contributed by atoms with Gasteiger partial charge in [-0.1, -0.05) is 6.07 Å². The normalized spacial score (nSPS) is 16.9. The molecule has 0 saturated carbocycles. The average molecular weight is 552 g/mol. The Hall–Kier alpha value is -4.36. The van der Waals surface area contributed by atoms with Crippen LogP contribution in [0.5, 0.6) is 0 Å². The van der Waals surface area contributed by atoms with Crippen LogP contribution in [0.3, 0.4) is 0 Å². The number of aromatic nitrogens is 2. The van der Waals surface area contributed by atoms with Crippen LogP contribution in [0.1, 0.15) is 5.56 Å². The molecule has 2 aliphatic heterocycles. The Bertz CT molecular complexity index is 1640. The van der Waals surface area contributed by atoms with Crippen molar-refractivity contribution < 1.29 is 24.2 Å². The molecule has 202 valence electrons. The van der Waals surface area contributed by atoms with E-state index in [0.717, 1.165) is 15.5 Å². The topological polar surface area (TPSA) is 152 Å². The van der Waals surface area contributed by atoms with Crippen LogP contribution in [0.4, 0.5) is 16.2 Å². The minimum atomic E-state index is -1.10. The number of aryl methyl sites for hydroxylation is 1. The molecular formula is C26H25N5O7S. The summed E-state index contributed by atoms with van der Waals surface area (Å²) in [5.41, 5.74) is 1.30. The van der Waals surface area contributed by atoms with Crippen LogP contribution >= 0.6 is 11.8 Å². The maximum atomic E-state index is 13.0. The van der Waals surface area contributed by atoms with E-state index < -0.39 is 29.4 Å². The molecule has 1 saturated heterocycles. The van der Waals surface area contributed by atoms with Crippen LogP contribution in [0.15, 0.2) is 57.0 Å². The molecule has 39 heavy (non-hydrogen) atoms. The Balaban J connectivity index is 1.21. The molecule has 0 unspecified atom stereocenters. The maximum absolute atomic E-state index is 13.0. The summed E-state index contributed by atoms with van der Waals surface area (Å²) in [6.45, 7) is 1.02. The summed E-state index contributed by atoms with van der Waals surface area (Å²) in [4.78, 5) is 63.3. The van der Waals surface area contributed by atoms with E-state index in [1.807, 2.05) is 12.1 Å². The molecule has 0 radical (unpaired) electrons. The monoisotopic (exact) mass is 551 g/mol. The molecule has 12 nitrogen and oxygen atoms in total. The SMILES string of the molecule is Cn1c(=O)n(CCNC[C@H]2CN(c3ccc4c(c3)NC(=O)CS4)C(=O)O2)c(=O)c2ccc(/C=C/C(=O)O)cc21. The van der Waals surface area contributed by atoms with Gasteiger partial charge >= 0.3 is 17.8 Å². The Morgan fingerprint density at radius 3 is 2.82 bits per heavy atom. The number of anilines is 2. The lowest BCUT2D eigenvalue weighted by molar-refractivity contribution is -0.131. The second-order valence-corrected chi connectivity index (χ2v) is 10.1. The summed E-state index contributed by atoms with van der Waals surface area (Å²) in [6.07, 6.45) is 1.44. The molecule has 3 heterocycles. The fourth-order valence-electron chi connectivity index (χ4n) is 4.52. The number of ether oxygens (including phenoxy) is 1. The summed E-state index contributed by atoms with van der Waals surface area (Å²) < 4.78 is 7.96. The van der Waals surface area contributed by atoms with Gasteiger partial charge in [0.05, 0.1) is 28.9 Å². The molecule has 1 atom stereocenters. The van der Waals surface area contributed by atoms with Crippen LogP contribution in [0.25, 0.3) is 17.0 Å². The van der Waals surface area contributed by atoms with Crippen LogP contribution < -0.4 is 26.8 Å². The highest BCUT2D eigenvalue weighted by atomic mass is 32.2. The first-order valence-corrected chi connectivity index (χ1v) is 13.1. The standard InChI is InChI=1S/C26H25N5O7S/c1-29-20-10-15(3-7-23(33)34)2-5-18(20)24(35)30(25(29)36)9-8-27-12-17-13-31(26(37)38-17)16-4-6-21-19(11-16)28-22(32)14-39-21/h2-7,10-11,17,27H,8-9,12-14H2,1H3,(H,28,32)(H,33,34)/b7-3+/t17-/m0/s1. The number of aliphatic carboxylic acids is 1. The lowest BCUT2D eigenvalue weighted by atomic mass is 10.1. The van der Waals surface area contributed by atoms with Gasteiger partial charge in [-0.15, -0.1) is 11.8 Å². The largest absolute Gasteiger partial charge is 0.478 e. The predicted molar refractivity (Wildman–Crippen MR) is 146 cm³/mol. The number of fused-ring (bicyclic) bond motifs is 2. The Morgan fingerprint density at radius 2 is 2.03 bits per heavy atom. The first-order valence-electron chi connectivity index (χ1n) is 12.1. The van der Waals surface area contributed by atoms with E-state index >= 15 is 0 Å². The summed E-state index contributed by atoms with van der Waals surface area (Å²) in [5, 5.41) is 15.1. The smallest absolute Gasteiger partial charge is 0.414 e. The van der Waals surface area contributed by atoms with Gasteiger partial charge in [-0.2, -0.15) is 0 Å². The molecule has 13 heteroatoms. The molecule has 2 aromatic carbocycles. The van der Waals surface area contributed by atoms with Crippen molar-refractivity contribution in [3.63, 3.8) is 0 Å². The van der Waals surface area contributed by atoms with Gasteiger partial charge in [-0.25, -0.2) is 14.4 Å². The molecule has 0 bridgehead atoms. The maximum Gasteiger partial charge on any atom is 0.414 e. The van der Waals surface area contributed by atoms with Gasteiger partial charge in [0.25, 0.3) is 5.56 Å². The van der Waals surface area contributed by atoms with Gasteiger partial charge in [-0.05, 0) is 42.0 Å². The lowest BCUT2D eigenvalue weighted by Crippen LogP contribution is -2.42. The van der Waals surface area contributed by atoms with E-state index in [1.54, 1.807) is 31.3 Å². The molecule has 1 aromatic heterocycles. The van der Waals surface area contributed by atoms with Gasteiger partial charge < -0.3 is 20.5 Å². The molecule has 0 spiro atoms. The number of carbonyl (C=O) groups is 3. The number of hydrogen-bond acceptors (Lipinski definition) is 8. The minimum absolute atomic E-state index is 0.0891. The fraction of sp³-hybridized carbons (Fsp3) is 0.269.